The Morgan fingerprint density at radius 1 is 0.326 bits per heavy atom. The lowest BCUT2D eigenvalue weighted by Crippen LogP contribution is -2.30. The molecular formula is C70H136O17P2. The third-order valence-electron chi connectivity index (χ3n) is 16.6. The van der Waals surface area contributed by atoms with E-state index in [1.54, 1.807) is 0 Å². The van der Waals surface area contributed by atoms with Gasteiger partial charge in [-0.3, -0.25) is 37.3 Å². The predicted octanol–water partition coefficient (Wildman–Crippen LogP) is 20.0. The van der Waals surface area contributed by atoms with Crippen LogP contribution in [0.25, 0.3) is 0 Å². The average molecular weight is 1310 g/mol. The Labute approximate surface area is 543 Å². The highest BCUT2D eigenvalue weighted by Crippen LogP contribution is 2.45. The van der Waals surface area contributed by atoms with E-state index in [0.29, 0.717) is 25.7 Å². The fourth-order valence-electron chi connectivity index (χ4n) is 10.6. The smallest absolute Gasteiger partial charge is 0.462 e. The molecule has 19 heteroatoms. The molecule has 3 unspecified atom stereocenters. The molecule has 0 fully saturated rings. The third-order valence-corrected chi connectivity index (χ3v) is 18.5. The lowest BCUT2D eigenvalue weighted by molar-refractivity contribution is -0.161. The van der Waals surface area contributed by atoms with Crippen molar-refractivity contribution in [2.45, 2.75) is 374 Å². The Morgan fingerprint density at radius 2 is 0.573 bits per heavy atom. The van der Waals surface area contributed by atoms with Gasteiger partial charge in [0, 0.05) is 25.7 Å². The first-order valence-electron chi connectivity index (χ1n) is 36.5. The molecule has 0 aromatic rings. The molecular weight excluding hydrogens is 1170 g/mol. The van der Waals surface area contributed by atoms with Crippen LogP contribution in [-0.2, 0) is 65.4 Å². The van der Waals surface area contributed by atoms with Crippen molar-refractivity contribution in [1.82, 2.24) is 0 Å². The van der Waals surface area contributed by atoms with Crippen LogP contribution in [0.15, 0.2) is 0 Å². The van der Waals surface area contributed by atoms with Crippen molar-refractivity contribution in [1.29, 1.82) is 0 Å². The van der Waals surface area contributed by atoms with Gasteiger partial charge in [0.1, 0.15) is 19.3 Å². The summed E-state index contributed by atoms with van der Waals surface area (Å²) in [7, 11) is -9.90. The maximum absolute atomic E-state index is 13.0. The van der Waals surface area contributed by atoms with Gasteiger partial charge in [0.25, 0.3) is 0 Å². The Morgan fingerprint density at radius 3 is 0.854 bits per heavy atom. The Kier molecular flexibility index (Phi) is 60.8. The Balaban J connectivity index is 5.23. The third kappa shape index (κ3) is 63.2. The minimum Gasteiger partial charge on any atom is -0.462 e. The van der Waals surface area contributed by atoms with Crippen molar-refractivity contribution in [3.8, 4) is 0 Å². The number of hydrogen-bond acceptors (Lipinski definition) is 15. The van der Waals surface area contributed by atoms with Crippen molar-refractivity contribution in [2.24, 2.45) is 11.8 Å². The Hall–Kier alpha value is -1.94. The number of hydrogen-bond donors (Lipinski definition) is 3. The summed E-state index contributed by atoms with van der Waals surface area (Å²) in [5, 5.41) is 10.6. The molecule has 0 spiro atoms. The van der Waals surface area contributed by atoms with Gasteiger partial charge in [-0.1, -0.05) is 305 Å². The lowest BCUT2D eigenvalue weighted by atomic mass is 9.99. The van der Waals surface area contributed by atoms with Gasteiger partial charge in [0.05, 0.1) is 26.4 Å². The highest BCUT2D eigenvalue weighted by Gasteiger charge is 2.30. The van der Waals surface area contributed by atoms with Crippen LogP contribution in [0.2, 0.25) is 0 Å². The van der Waals surface area contributed by atoms with Gasteiger partial charge in [-0.2, -0.15) is 0 Å². The molecule has 0 aliphatic heterocycles. The molecule has 0 saturated carbocycles. The topological polar surface area (TPSA) is 237 Å². The number of carbonyl (C=O) groups excluding carboxylic acids is 4. The zero-order valence-corrected chi connectivity index (χ0v) is 59.5. The van der Waals surface area contributed by atoms with E-state index in [0.717, 1.165) is 108 Å². The lowest BCUT2D eigenvalue weighted by Gasteiger charge is -2.21. The van der Waals surface area contributed by atoms with E-state index in [4.69, 9.17) is 37.0 Å². The van der Waals surface area contributed by atoms with E-state index in [1.165, 1.54) is 167 Å². The number of phosphoric acid groups is 2. The highest BCUT2D eigenvalue weighted by atomic mass is 31.2. The van der Waals surface area contributed by atoms with E-state index in [1.807, 2.05) is 0 Å². The zero-order chi connectivity index (χ0) is 65.7. The normalized spacial score (nSPS) is 14.4. The number of unbranched alkanes of at least 4 members (excludes halogenated alkanes) is 38. The predicted molar refractivity (Wildman–Crippen MR) is 358 cm³/mol. The van der Waals surface area contributed by atoms with E-state index >= 15 is 0 Å². The van der Waals surface area contributed by atoms with E-state index in [2.05, 4.69) is 41.5 Å². The molecule has 6 atom stereocenters. The van der Waals surface area contributed by atoms with Crippen LogP contribution in [0.4, 0.5) is 0 Å². The molecule has 0 rings (SSSR count). The average Bonchev–Trinajstić information content (AvgIpc) is 3.71. The number of aliphatic hydroxyl groups excluding tert-OH is 1. The van der Waals surface area contributed by atoms with Crippen molar-refractivity contribution in [3.63, 3.8) is 0 Å². The summed E-state index contributed by atoms with van der Waals surface area (Å²) < 4.78 is 68.2. The van der Waals surface area contributed by atoms with Crippen LogP contribution in [0, 0.1) is 11.8 Å². The molecule has 528 valence electrons. The second-order valence-corrected chi connectivity index (χ2v) is 28.9. The molecule has 0 aromatic heterocycles. The summed E-state index contributed by atoms with van der Waals surface area (Å²) in [5.41, 5.74) is 0. The van der Waals surface area contributed by atoms with Crippen LogP contribution in [0.1, 0.15) is 356 Å². The number of esters is 4. The fraction of sp³-hybridized carbons (Fsp3) is 0.943. The SMILES string of the molecule is CCCCCCCCCCCCCCCCCCC(=O)O[C@H](COC(=O)CCCCCCCCCCCCC(C)C)COP(=O)(O)OC[C@@H](O)COP(=O)(O)OC[C@@H](COC(=O)CCCCCCCCCC)OC(=O)CCCCCCCCCCC(C)CC. The molecule has 3 N–H and O–H groups in total. The summed E-state index contributed by atoms with van der Waals surface area (Å²) in [6, 6.07) is 0. The van der Waals surface area contributed by atoms with Crippen LogP contribution < -0.4 is 0 Å². The van der Waals surface area contributed by atoms with Gasteiger partial charge in [-0.25, -0.2) is 9.13 Å². The molecule has 89 heavy (non-hydrogen) atoms. The number of carbonyl (C=O) groups is 4. The Bertz CT molecular complexity index is 1740. The van der Waals surface area contributed by atoms with Crippen LogP contribution in [0.3, 0.4) is 0 Å². The zero-order valence-electron chi connectivity index (χ0n) is 57.7. The highest BCUT2D eigenvalue weighted by molar-refractivity contribution is 7.47. The van der Waals surface area contributed by atoms with E-state index < -0.39 is 97.5 Å². The number of aliphatic hydroxyl groups is 1. The molecule has 0 saturated heterocycles. The standard InChI is InChI=1S/C70H136O17P2/c1-7-10-12-14-16-18-19-20-21-22-23-24-29-36-42-48-54-69(74)86-66(59-81-68(73)53-47-41-35-28-26-25-27-32-38-44-50-62(4)5)61-85-89(78,79)83-57-64(71)56-82-88(76,77)84-60-65(58-80-67(72)52-46-40-34-17-15-13-11-8-2)87-70(75)55-49-43-37-31-30-33-39-45-51-63(6)9-3/h62-66,71H,7-61H2,1-6H3,(H,76,77)(H,78,79)/t63?,64-,65+,66+/m0/s1. The van der Waals surface area contributed by atoms with Gasteiger partial charge >= 0.3 is 39.5 Å². The van der Waals surface area contributed by atoms with Gasteiger partial charge in [0.2, 0.25) is 0 Å². The van der Waals surface area contributed by atoms with Gasteiger partial charge in [0.15, 0.2) is 12.2 Å². The van der Waals surface area contributed by atoms with Gasteiger partial charge in [-0.15, -0.1) is 0 Å². The van der Waals surface area contributed by atoms with Crippen molar-refractivity contribution < 1.29 is 80.2 Å². The minimum atomic E-state index is -4.95. The van der Waals surface area contributed by atoms with Crippen molar-refractivity contribution in [2.75, 3.05) is 39.6 Å². The maximum Gasteiger partial charge on any atom is 0.472 e. The van der Waals surface area contributed by atoms with Crippen LogP contribution in [0.5, 0.6) is 0 Å². The first-order valence-corrected chi connectivity index (χ1v) is 39.5. The molecule has 17 nitrogen and oxygen atoms in total. The molecule has 0 amide bonds. The quantitative estimate of drug-likeness (QED) is 0.0222. The molecule has 0 aliphatic carbocycles. The van der Waals surface area contributed by atoms with Crippen molar-refractivity contribution >= 4 is 39.5 Å². The van der Waals surface area contributed by atoms with E-state index in [9.17, 15) is 43.2 Å². The summed E-state index contributed by atoms with van der Waals surface area (Å²) in [5.74, 6) is -0.598. The summed E-state index contributed by atoms with van der Waals surface area (Å²) in [4.78, 5) is 72.5. The maximum atomic E-state index is 13.0. The summed E-state index contributed by atoms with van der Waals surface area (Å²) in [6.45, 7) is 9.52. The molecule has 0 bridgehead atoms. The molecule has 0 aliphatic rings. The fourth-order valence-corrected chi connectivity index (χ4v) is 12.1. The second-order valence-electron chi connectivity index (χ2n) is 26.0. The van der Waals surface area contributed by atoms with Gasteiger partial charge in [-0.05, 0) is 37.5 Å². The monoisotopic (exact) mass is 1310 g/mol. The molecule has 0 radical (unpaired) electrons. The van der Waals surface area contributed by atoms with Gasteiger partial charge < -0.3 is 33.8 Å². The second kappa shape index (κ2) is 62.2. The molecule has 0 heterocycles. The number of phosphoric ester groups is 2. The molecule has 0 aromatic carbocycles. The minimum absolute atomic E-state index is 0.105. The van der Waals surface area contributed by atoms with E-state index in [-0.39, 0.29) is 25.7 Å². The number of rotatable bonds is 69. The first-order chi connectivity index (χ1) is 42.9. The number of ether oxygens (including phenoxy) is 4. The van der Waals surface area contributed by atoms with Crippen LogP contribution in [-0.4, -0.2) is 96.7 Å². The van der Waals surface area contributed by atoms with Crippen LogP contribution >= 0.6 is 15.6 Å². The first kappa shape index (κ1) is 87.1. The van der Waals surface area contributed by atoms with Crippen molar-refractivity contribution in [3.05, 3.63) is 0 Å². The largest absolute Gasteiger partial charge is 0.472 e. The summed E-state index contributed by atoms with van der Waals surface area (Å²) >= 11 is 0. The summed E-state index contributed by atoms with van der Waals surface area (Å²) in [6.07, 6.45) is 47.1.